The predicted molar refractivity (Wildman–Crippen MR) is 82.0 cm³/mol. The van der Waals surface area contributed by atoms with Crippen molar-refractivity contribution in [1.29, 1.82) is 0 Å². The number of hydrogen-bond acceptors (Lipinski definition) is 5. The van der Waals surface area contributed by atoms with Crippen LogP contribution in [0.15, 0.2) is 36.0 Å². The highest BCUT2D eigenvalue weighted by atomic mass is 32.1. The molecule has 0 aliphatic carbocycles. The molecule has 0 radical (unpaired) electrons. The number of hydrogen-bond donors (Lipinski definition) is 1. The Balaban J connectivity index is 1.94. The van der Waals surface area contributed by atoms with Crippen molar-refractivity contribution in [1.82, 2.24) is 9.97 Å². The molecule has 22 heavy (non-hydrogen) atoms. The van der Waals surface area contributed by atoms with Crippen LogP contribution in [0.3, 0.4) is 0 Å². The maximum atomic E-state index is 13.5. The van der Waals surface area contributed by atoms with Crippen molar-refractivity contribution in [3.63, 3.8) is 0 Å². The number of ether oxygens (including phenoxy) is 1. The molecule has 3 aromatic rings. The third-order valence-electron chi connectivity index (χ3n) is 3.25. The summed E-state index contributed by atoms with van der Waals surface area (Å²) >= 11 is 1.51. The van der Waals surface area contributed by atoms with E-state index in [0.29, 0.717) is 18.0 Å². The largest absolute Gasteiger partial charge is 0.382 e. The number of rotatable bonds is 5. The second-order valence-electron chi connectivity index (χ2n) is 4.69. The summed E-state index contributed by atoms with van der Waals surface area (Å²) in [7, 11) is 1.55. The molecule has 114 valence electrons. The molecule has 3 rings (SSSR count). The van der Waals surface area contributed by atoms with Gasteiger partial charge in [-0.2, -0.15) is 0 Å². The van der Waals surface area contributed by atoms with Gasteiger partial charge in [-0.3, -0.25) is 0 Å². The van der Waals surface area contributed by atoms with E-state index in [-0.39, 0.29) is 6.04 Å². The van der Waals surface area contributed by atoms with Crippen LogP contribution in [0.4, 0.5) is 14.6 Å². The standard InChI is InChI=1S/C15H13F2N3OS/c1-21-7-13(9-2-3-11(16)12(17)6-9)20-14-10-4-5-22-15(10)19-8-18-14/h2-6,8,13H,7H2,1H3,(H,18,19,20). The molecule has 7 heteroatoms. The molecule has 0 aliphatic heterocycles. The van der Waals surface area contributed by atoms with Crippen LogP contribution in [-0.2, 0) is 4.74 Å². The fraction of sp³-hybridized carbons (Fsp3) is 0.200. The molecule has 1 aromatic carbocycles. The van der Waals surface area contributed by atoms with Gasteiger partial charge in [0, 0.05) is 7.11 Å². The summed E-state index contributed by atoms with van der Waals surface area (Å²) in [5.41, 5.74) is 0.586. The number of halogens is 2. The Labute approximate surface area is 129 Å². The van der Waals surface area contributed by atoms with Gasteiger partial charge in [0.1, 0.15) is 17.0 Å². The van der Waals surface area contributed by atoms with E-state index in [0.717, 1.165) is 22.3 Å². The van der Waals surface area contributed by atoms with E-state index in [1.165, 1.54) is 23.7 Å². The molecular weight excluding hydrogens is 308 g/mol. The van der Waals surface area contributed by atoms with E-state index in [1.54, 1.807) is 7.11 Å². The van der Waals surface area contributed by atoms with Gasteiger partial charge in [0.2, 0.25) is 0 Å². The Morgan fingerprint density at radius 3 is 2.86 bits per heavy atom. The van der Waals surface area contributed by atoms with E-state index in [4.69, 9.17) is 4.74 Å². The maximum absolute atomic E-state index is 13.5. The minimum Gasteiger partial charge on any atom is -0.382 e. The van der Waals surface area contributed by atoms with E-state index in [9.17, 15) is 8.78 Å². The van der Waals surface area contributed by atoms with E-state index in [2.05, 4.69) is 15.3 Å². The van der Waals surface area contributed by atoms with Crippen LogP contribution in [0.2, 0.25) is 0 Å². The fourth-order valence-corrected chi connectivity index (χ4v) is 2.92. The third kappa shape index (κ3) is 2.90. The normalized spacial score (nSPS) is 12.5. The average molecular weight is 321 g/mol. The first-order valence-electron chi connectivity index (χ1n) is 6.57. The van der Waals surface area contributed by atoms with Gasteiger partial charge in [0.05, 0.1) is 18.0 Å². The molecule has 2 aromatic heterocycles. The Kier molecular flexibility index (Phi) is 4.26. The summed E-state index contributed by atoms with van der Waals surface area (Å²) in [4.78, 5) is 9.27. The van der Waals surface area contributed by atoms with Gasteiger partial charge >= 0.3 is 0 Å². The summed E-state index contributed by atoms with van der Waals surface area (Å²) < 4.78 is 31.7. The van der Waals surface area contributed by atoms with Crippen LogP contribution in [-0.4, -0.2) is 23.7 Å². The van der Waals surface area contributed by atoms with Crippen molar-refractivity contribution >= 4 is 27.4 Å². The lowest BCUT2D eigenvalue weighted by Gasteiger charge is -2.19. The van der Waals surface area contributed by atoms with Crippen LogP contribution in [0.1, 0.15) is 11.6 Å². The molecule has 0 amide bonds. The van der Waals surface area contributed by atoms with Gasteiger partial charge in [-0.25, -0.2) is 18.7 Å². The lowest BCUT2D eigenvalue weighted by molar-refractivity contribution is 0.186. The number of anilines is 1. The lowest BCUT2D eigenvalue weighted by atomic mass is 10.1. The van der Waals surface area contributed by atoms with Crippen molar-refractivity contribution in [2.24, 2.45) is 0 Å². The maximum Gasteiger partial charge on any atom is 0.159 e. The number of thiophene rings is 1. The Morgan fingerprint density at radius 1 is 1.23 bits per heavy atom. The zero-order valence-electron chi connectivity index (χ0n) is 11.7. The quantitative estimate of drug-likeness (QED) is 0.777. The van der Waals surface area contributed by atoms with Crippen LogP contribution in [0, 0.1) is 11.6 Å². The minimum absolute atomic E-state index is 0.292. The van der Waals surface area contributed by atoms with Gasteiger partial charge in [0.25, 0.3) is 0 Å². The van der Waals surface area contributed by atoms with Gasteiger partial charge in [-0.15, -0.1) is 11.3 Å². The van der Waals surface area contributed by atoms with Crippen molar-refractivity contribution in [3.05, 3.63) is 53.2 Å². The first-order valence-corrected chi connectivity index (χ1v) is 7.45. The average Bonchev–Trinajstić information content (AvgIpc) is 2.99. The Bertz CT molecular complexity index is 793. The number of nitrogens with one attached hydrogen (secondary N) is 1. The monoisotopic (exact) mass is 321 g/mol. The second-order valence-corrected chi connectivity index (χ2v) is 5.58. The van der Waals surface area contributed by atoms with Gasteiger partial charge in [-0.1, -0.05) is 6.07 Å². The molecule has 0 fully saturated rings. The molecule has 2 heterocycles. The van der Waals surface area contributed by atoms with Crippen molar-refractivity contribution in [3.8, 4) is 0 Å². The van der Waals surface area contributed by atoms with Crippen LogP contribution < -0.4 is 5.32 Å². The van der Waals surface area contributed by atoms with Gasteiger partial charge in [-0.05, 0) is 29.1 Å². The van der Waals surface area contributed by atoms with Crippen molar-refractivity contribution < 1.29 is 13.5 Å². The SMILES string of the molecule is COCC(Nc1ncnc2sccc12)c1ccc(F)c(F)c1. The highest BCUT2D eigenvalue weighted by molar-refractivity contribution is 7.16. The molecule has 1 atom stereocenters. The molecular formula is C15H13F2N3OS. The summed E-state index contributed by atoms with van der Waals surface area (Å²) in [6.07, 6.45) is 1.47. The second kappa shape index (κ2) is 6.33. The summed E-state index contributed by atoms with van der Waals surface area (Å²) in [6, 6.07) is 5.37. The molecule has 1 unspecified atom stereocenters. The Hall–Kier alpha value is -2.12. The van der Waals surface area contributed by atoms with Gasteiger partial charge in [0.15, 0.2) is 11.6 Å². The van der Waals surface area contributed by atoms with Gasteiger partial charge < -0.3 is 10.1 Å². The molecule has 4 nitrogen and oxygen atoms in total. The number of fused-ring (bicyclic) bond motifs is 1. The summed E-state index contributed by atoms with van der Waals surface area (Å²) in [5.74, 6) is -1.12. The van der Waals surface area contributed by atoms with E-state index in [1.807, 2.05) is 11.4 Å². The Morgan fingerprint density at radius 2 is 2.09 bits per heavy atom. The zero-order valence-corrected chi connectivity index (χ0v) is 12.5. The first kappa shape index (κ1) is 14.8. The lowest BCUT2D eigenvalue weighted by Crippen LogP contribution is -2.17. The van der Waals surface area contributed by atoms with Crippen LogP contribution in [0.25, 0.3) is 10.2 Å². The predicted octanol–water partition coefficient (Wildman–Crippen LogP) is 3.77. The zero-order chi connectivity index (χ0) is 15.5. The molecule has 1 N–H and O–H groups in total. The topological polar surface area (TPSA) is 47.0 Å². The fourth-order valence-electron chi connectivity index (χ4n) is 2.19. The molecule has 0 spiro atoms. The van der Waals surface area contributed by atoms with Crippen molar-refractivity contribution in [2.75, 3.05) is 19.0 Å². The molecule has 0 saturated carbocycles. The first-order chi connectivity index (χ1) is 10.7. The van der Waals surface area contributed by atoms with E-state index < -0.39 is 11.6 Å². The van der Waals surface area contributed by atoms with Crippen LogP contribution >= 0.6 is 11.3 Å². The van der Waals surface area contributed by atoms with E-state index >= 15 is 0 Å². The molecule has 0 saturated heterocycles. The summed E-state index contributed by atoms with van der Waals surface area (Å²) in [6.45, 7) is 0.292. The minimum atomic E-state index is -0.885. The number of methoxy groups -OCH3 is 1. The molecule has 0 bridgehead atoms. The molecule has 0 aliphatic rings. The number of aromatic nitrogens is 2. The van der Waals surface area contributed by atoms with Crippen molar-refractivity contribution in [2.45, 2.75) is 6.04 Å². The summed E-state index contributed by atoms with van der Waals surface area (Å²) in [5, 5.41) is 6.02. The highest BCUT2D eigenvalue weighted by Gasteiger charge is 2.16. The van der Waals surface area contributed by atoms with Crippen LogP contribution in [0.5, 0.6) is 0 Å². The third-order valence-corrected chi connectivity index (χ3v) is 4.07. The smallest absolute Gasteiger partial charge is 0.159 e. The number of benzene rings is 1. The highest BCUT2D eigenvalue weighted by Crippen LogP contribution is 2.27. The number of nitrogens with zero attached hydrogens (tertiary/aromatic N) is 2.